The van der Waals surface area contributed by atoms with Crippen LogP contribution in [0.4, 0.5) is 0 Å². The lowest BCUT2D eigenvalue weighted by Crippen LogP contribution is -2.37. The number of amides is 1. The summed E-state index contributed by atoms with van der Waals surface area (Å²) in [6.07, 6.45) is 5.08. The monoisotopic (exact) mass is 245 g/mol. The number of carbonyl (C=O) groups is 1. The molecule has 1 aliphatic rings. The van der Waals surface area contributed by atoms with Crippen LogP contribution in [0.2, 0.25) is 0 Å². The lowest BCUT2D eigenvalue weighted by molar-refractivity contribution is -0.132. The summed E-state index contributed by atoms with van der Waals surface area (Å²) in [7, 11) is 0. The molecule has 0 unspecified atom stereocenters. The molecular formula is C16H23NO. The van der Waals surface area contributed by atoms with E-state index in [4.69, 9.17) is 0 Å². The molecule has 0 saturated carbocycles. The van der Waals surface area contributed by atoms with Gasteiger partial charge in [0, 0.05) is 19.5 Å². The average molecular weight is 245 g/mol. The molecule has 0 radical (unpaired) electrons. The Morgan fingerprint density at radius 2 is 1.89 bits per heavy atom. The number of benzene rings is 1. The highest BCUT2D eigenvalue weighted by atomic mass is 16.2. The predicted octanol–water partition coefficient (Wildman–Crippen LogP) is 3.58. The topological polar surface area (TPSA) is 20.3 Å². The molecule has 1 aliphatic heterocycles. The van der Waals surface area contributed by atoms with Crippen LogP contribution in [0.3, 0.4) is 0 Å². The molecule has 1 aromatic rings. The quantitative estimate of drug-likeness (QED) is 0.794. The Hall–Kier alpha value is -1.31. The van der Waals surface area contributed by atoms with Crippen LogP contribution in [0.5, 0.6) is 0 Å². The summed E-state index contributed by atoms with van der Waals surface area (Å²) in [5.74, 6) is 0.991. The Morgan fingerprint density at radius 1 is 1.22 bits per heavy atom. The van der Waals surface area contributed by atoms with Gasteiger partial charge in [0.15, 0.2) is 0 Å². The van der Waals surface area contributed by atoms with E-state index in [1.54, 1.807) is 0 Å². The van der Waals surface area contributed by atoms with E-state index in [9.17, 15) is 4.79 Å². The van der Waals surface area contributed by atoms with Crippen molar-refractivity contribution in [3.05, 3.63) is 35.9 Å². The van der Waals surface area contributed by atoms with Crippen LogP contribution in [-0.4, -0.2) is 23.9 Å². The van der Waals surface area contributed by atoms with Crippen LogP contribution in [0, 0.1) is 0 Å². The summed E-state index contributed by atoms with van der Waals surface area (Å²) in [6.45, 7) is 4.00. The van der Waals surface area contributed by atoms with Crippen LogP contribution >= 0.6 is 0 Å². The smallest absolute Gasteiger partial charge is 0.222 e. The van der Waals surface area contributed by atoms with E-state index in [1.807, 2.05) is 0 Å². The van der Waals surface area contributed by atoms with E-state index >= 15 is 0 Å². The first-order valence-corrected chi connectivity index (χ1v) is 7.14. The first-order chi connectivity index (χ1) is 8.81. The van der Waals surface area contributed by atoms with Crippen molar-refractivity contribution in [3.8, 4) is 0 Å². The Balaban J connectivity index is 1.83. The predicted molar refractivity (Wildman–Crippen MR) is 74.5 cm³/mol. The molecule has 1 fully saturated rings. The van der Waals surface area contributed by atoms with E-state index in [2.05, 4.69) is 42.2 Å². The van der Waals surface area contributed by atoms with Crippen molar-refractivity contribution in [2.75, 3.05) is 13.1 Å². The number of rotatable bonds is 4. The van der Waals surface area contributed by atoms with Crippen molar-refractivity contribution in [2.24, 2.45) is 0 Å². The third-order valence-electron chi connectivity index (χ3n) is 3.86. The fourth-order valence-corrected chi connectivity index (χ4v) is 2.67. The van der Waals surface area contributed by atoms with Gasteiger partial charge in [0.2, 0.25) is 5.91 Å². The van der Waals surface area contributed by atoms with Gasteiger partial charge in [-0.1, -0.05) is 43.7 Å². The van der Waals surface area contributed by atoms with Crippen molar-refractivity contribution in [1.82, 2.24) is 4.90 Å². The summed E-state index contributed by atoms with van der Waals surface area (Å²) in [6, 6.07) is 10.7. The highest BCUT2D eigenvalue weighted by molar-refractivity contribution is 5.76. The minimum atomic E-state index is 0.350. The Kier molecular flexibility index (Phi) is 4.80. The maximum atomic E-state index is 11.9. The number of likely N-dealkylation sites (tertiary alicyclic amines) is 1. The molecule has 2 rings (SSSR count). The first-order valence-electron chi connectivity index (χ1n) is 7.14. The molecule has 0 atom stereocenters. The van der Waals surface area contributed by atoms with E-state index in [0.29, 0.717) is 11.8 Å². The summed E-state index contributed by atoms with van der Waals surface area (Å²) in [4.78, 5) is 14.0. The number of hydrogen-bond donors (Lipinski definition) is 0. The lowest BCUT2D eigenvalue weighted by atomic mass is 9.89. The number of unbranched alkanes of at least 4 members (excludes halogenated alkanes) is 1. The van der Waals surface area contributed by atoms with Gasteiger partial charge in [0.1, 0.15) is 0 Å². The molecular weight excluding hydrogens is 222 g/mol. The summed E-state index contributed by atoms with van der Waals surface area (Å²) >= 11 is 0. The minimum Gasteiger partial charge on any atom is -0.343 e. The molecule has 0 aliphatic carbocycles. The molecule has 2 nitrogen and oxygen atoms in total. The molecule has 1 aromatic carbocycles. The zero-order valence-corrected chi connectivity index (χ0v) is 11.3. The van der Waals surface area contributed by atoms with Crippen molar-refractivity contribution >= 4 is 5.91 Å². The van der Waals surface area contributed by atoms with Crippen molar-refractivity contribution in [1.29, 1.82) is 0 Å². The van der Waals surface area contributed by atoms with Crippen LogP contribution in [0.25, 0.3) is 0 Å². The van der Waals surface area contributed by atoms with Crippen molar-refractivity contribution < 1.29 is 4.79 Å². The van der Waals surface area contributed by atoms with E-state index < -0.39 is 0 Å². The molecule has 0 aromatic heterocycles. The molecule has 98 valence electrons. The second-order valence-electron chi connectivity index (χ2n) is 5.17. The second-order valence-corrected chi connectivity index (χ2v) is 5.17. The van der Waals surface area contributed by atoms with Crippen LogP contribution in [0.15, 0.2) is 30.3 Å². The van der Waals surface area contributed by atoms with E-state index in [-0.39, 0.29) is 0 Å². The Morgan fingerprint density at radius 3 is 2.50 bits per heavy atom. The maximum Gasteiger partial charge on any atom is 0.222 e. The second kappa shape index (κ2) is 6.58. The minimum absolute atomic E-state index is 0.350. The molecule has 1 saturated heterocycles. The van der Waals surface area contributed by atoms with Gasteiger partial charge >= 0.3 is 0 Å². The van der Waals surface area contributed by atoms with Crippen molar-refractivity contribution in [3.63, 3.8) is 0 Å². The zero-order valence-electron chi connectivity index (χ0n) is 11.3. The first kappa shape index (κ1) is 13.1. The Labute approximate surface area is 110 Å². The summed E-state index contributed by atoms with van der Waals surface area (Å²) in [5.41, 5.74) is 1.43. The average Bonchev–Trinajstić information content (AvgIpc) is 2.46. The van der Waals surface area contributed by atoms with Gasteiger partial charge in [-0.2, -0.15) is 0 Å². The van der Waals surface area contributed by atoms with Gasteiger partial charge in [0.05, 0.1) is 0 Å². The maximum absolute atomic E-state index is 11.9. The number of carbonyl (C=O) groups excluding carboxylic acids is 1. The molecule has 1 heterocycles. The van der Waals surface area contributed by atoms with E-state index in [1.165, 1.54) is 5.56 Å². The van der Waals surface area contributed by atoms with Crippen LogP contribution < -0.4 is 0 Å². The normalized spacial score (nSPS) is 16.8. The van der Waals surface area contributed by atoms with Crippen LogP contribution in [0.1, 0.15) is 50.5 Å². The summed E-state index contributed by atoms with van der Waals surface area (Å²) in [5, 5.41) is 0. The number of nitrogens with zero attached hydrogens (tertiary/aromatic N) is 1. The molecule has 0 bridgehead atoms. The fourth-order valence-electron chi connectivity index (χ4n) is 2.67. The van der Waals surface area contributed by atoms with Gasteiger partial charge in [-0.25, -0.2) is 0 Å². The highest BCUT2D eigenvalue weighted by Gasteiger charge is 2.22. The van der Waals surface area contributed by atoms with Gasteiger partial charge in [0.25, 0.3) is 0 Å². The molecule has 1 amide bonds. The highest BCUT2D eigenvalue weighted by Crippen LogP contribution is 2.27. The third-order valence-corrected chi connectivity index (χ3v) is 3.86. The Bertz CT molecular complexity index is 366. The summed E-state index contributed by atoms with van der Waals surface area (Å²) < 4.78 is 0. The molecule has 0 N–H and O–H groups in total. The molecule has 18 heavy (non-hydrogen) atoms. The number of piperidine rings is 1. The van der Waals surface area contributed by atoms with Gasteiger partial charge in [-0.15, -0.1) is 0 Å². The fraction of sp³-hybridized carbons (Fsp3) is 0.562. The SMILES string of the molecule is CCCCC(=O)N1CCC(c2ccccc2)CC1. The lowest BCUT2D eigenvalue weighted by Gasteiger charge is -2.32. The molecule has 0 spiro atoms. The van der Waals surface area contributed by atoms with Crippen LogP contribution in [-0.2, 0) is 4.79 Å². The molecule has 2 heteroatoms. The third kappa shape index (κ3) is 3.34. The zero-order chi connectivity index (χ0) is 12.8. The van der Waals surface area contributed by atoms with E-state index in [0.717, 1.165) is 45.2 Å². The van der Waals surface area contributed by atoms with Gasteiger partial charge < -0.3 is 4.90 Å². The van der Waals surface area contributed by atoms with Gasteiger partial charge in [-0.05, 0) is 30.7 Å². The van der Waals surface area contributed by atoms with Crippen molar-refractivity contribution in [2.45, 2.75) is 44.9 Å². The standard InChI is InChI=1S/C16H23NO/c1-2-3-9-16(18)17-12-10-15(11-13-17)14-7-5-4-6-8-14/h4-8,15H,2-3,9-13H2,1H3. The largest absolute Gasteiger partial charge is 0.343 e. The van der Waals surface area contributed by atoms with Gasteiger partial charge in [-0.3, -0.25) is 4.79 Å². The number of hydrogen-bond acceptors (Lipinski definition) is 1.